The lowest BCUT2D eigenvalue weighted by atomic mass is 9.92. The minimum Gasteiger partial charge on any atom is -0.454 e. The molecule has 0 amide bonds. The van der Waals surface area contributed by atoms with Gasteiger partial charge in [0.15, 0.2) is 6.20 Å². The number of furan rings is 1. The molecule has 2 heterocycles. The van der Waals surface area contributed by atoms with Crippen LogP contribution in [-0.2, 0) is 7.05 Å². The molecule has 0 N–H and O–H groups in total. The van der Waals surface area contributed by atoms with Gasteiger partial charge in [-0.05, 0) is 73.2 Å². The lowest BCUT2D eigenvalue weighted by Crippen LogP contribution is -2.31. The van der Waals surface area contributed by atoms with Crippen molar-refractivity contribution in [2.24, 2.45) is 7.05 Å². The van der Waals surface area contributed by atoms with Crippen molar-refractivity contribution in [3.8, 4) is 39.6 Å². The van der Waals surface area contributed by atoms with E-state index in [1.165, 1.54) is 22.3 Å². The van der Waals surface area contributed by atoms with Crippen LogP contribution in [0.4, 0.5) is 0 Å². The number of hydrogen-bond acceptors (Lipinski definition) is 2. The van der Waals surface area contributed by atoms with Crippen molar-refractivity contribution in [2.75, 3.05) is 0 Å². The van der Waals surface area contributed by atoms with Gasteiger partial charge in [0.05, 0.1) is 17.2 Å². The Hall–Kier alpha value is -4.68. The van der Waals surface area contributed by atoms with Gasteiger partial charge in [0.2, 0.25) is 5.69 Å². The molecule has 0 radical (unpaired) electrons. The summed E-state index contributed by atoms with van der Waals surface area (Å²) in [6.45, 7) is 8.53. The molecular weight excluding hydrogens is 464 g/mol. The van der Waals surface area contributed by atoms with E-state index < -0.39 is 0 Å². The molecule has 0 saturated carbocycles. The number of nitriles is 1. The van der Waals surface area contributed by atoms with Gasteiger partial charge in [-0.1, -0.05) is 60.7 Å². The fourth-order valence-electron chi connectivity index (χ4n) is 5.59. The van der Waals surface area contributed by atoms with Gasteiger partial charge in [-0.3, -0.25) is 0 Å². The van der Waals surface area contributed by atoms with Crippen molar-refractivity contribution in [2.45, 2.75) is 27.7 Å². The predicted molar refractivity (Wildman–Crippen MR) is 155 cm³/mol. The second-order valence-corrected chi connectivity index (χ2v) is 10.2. The summed E-state index contributed by atoms with van der Waals surface area (Å²) >= 11 is 0. The number of benzene rings is 4. The molecule has 3 nitrogen and oxygen atoms in total. The van der Waals surface area contributed by atoms with Crippen LogP contribution in [0.1, 0.15) is 27.8 Å². The zero-order chi connectivity index (χ0) is 26.6. The van der Waals surface area contributed by atoms with Crippen LogP contribution in [0.3, 0.4) is 0 Å². The number of aromatic nitrogens is 1. The molecular formula is C35H29N2O+. The highest BCUT2D eigenvalue weighted by molar-refractivity contribution is 6.14. The van der Waals surface area contributed by atoms with E-state index in [0.29, 0.717) is 5.56 Å². The van der Waals surface area contributed by atoms with E-state index in [2.05, 4.69) is 112 Å². The molecule has 0 aliphatic carbocycles. The molecule has 0 unspecified atom stereocenters. The molecule has 38 heavy (non-hydrogen) atoms. The van der Waals surface area contributed by atoms with Crippen LogP contribution in [0.2, 0.25) is 0 Å². The third-order valence-electron chi connectivity index (χ3n) is 7.74. The molecule has 0 fully saturated rings. The molecule has 0 bridgehead atoms. The molecule has 4 aromatic carbocycles. The monoisotopic (exact) mass is 493 g/mol. The van der Waals surface area contributed by atoms with Crippen LogP contribution < -0.4 is 4.57 Å². The van der Waals surface area contributed by atoms with Crippen LogP contribution in [0.5, 0.6) is 0 Å². The number of hydrogen-bond donors (Lipinski definition) is 0. The summed E-state index contributed by atoms with van der Waals surface area (Å²) < 4.78 is 8.93. The quantitative estimate of drug-likeness (QED) is 0.232. The Labute approximate surface area is 223 Å². The van der Waals surface area contributed by atoms with E-state index in [0.717, 1.165) is 55.4 Å². The molecule has 0 saturated heterocycles. The SMILES string of the molecule is Cc1cc(-c2c(C)ccc3c2oc2c(-c4ccc(-c5ccccc5)c(C)c4)c(C#N)ccc23)[n+](C)cc1C. The summed E-state index contributed by atoms with van der Waals surface area (Å²) in [6.07, 6.45) is 2.17. The summed E-state index contributed by atoms with van der Waals surface area (Å²) in [4.78, 5) is 0. The first-order valence-corrected chi connectivity index (χ1v) is 12.9. The van der Waals surface area contributed by atoms with Gasteiger partial charge in [-0.2, -0.15) is 5.26 Å². The molecule has 0 spiro atoms. The van der Waals surface area contributed by atoms with E-state index in [1.807, 2.05) is 18.2 Å². The van der Waals surface area contributed by atoms with Crippen LogP contribution in [0, 0.1) is 39.0 Å². The van der Waals surface area contributed by atoms with Crippen LogP contribution in [0.25, 0.3) is 55.4 Å². The standard InChI is InChI=1S/C35H29N2O/c1-21-11-14-29-30-16-13-27(19-36)33(26-12-15-28(23(3)17-26)25-9-7-6-8-10-25)35(30)38-34(29)32(21)31-18-22(2)24(4)20-37(31)5/h6-18,20H,1-5H3/q+1. The normalized spacial score (nSPS) is 11.3. The Balaban J connectivity index is 1.63. The van der Waals surface area contributed by atoms with E-state index in [9.17, 15) is 5.26 Å². The van der Waals surface area contributed by atoms with Crippen LogP contribution in [0.15, 0.2) is 89.5 Å². The molecule has 0 aliphatic heterocycles. The largest absolute Gasteiger partial charge is 0.454 e. The molecule has 184 valence electrons. The number of rotatable bonds is 3. The van der Waals surface area contributed by atoms with Gasteiger partial charge in [-0.25, -0.2) is 4.57 Å². The molecule has 6 rings (SSSR count). The highest BCUT2D eigenvalue weighted by atomic mass is 16.3. The average Bonchev–Trinajstić information content (AvgIpc) is 3.29. The van der Waals surface area contributed by atoms with Crippen molar-refractivity contribution in [3.63, 3.8) is 0 Å². The molecule has 6 aromatic rings. The number of aryl methyl sites for hydroxylation is 5. The third-order valence-corrected chi connectivity index (χ3v) is 7.74. The van der Waals surface area contributed by atoms with Gasteiger partial charge in [-0.15, -0.1) is 0 Å². The van der Waals surface area contributed by atoms with Gasteiger partial charge in [0.1, 0.15) is 18.2 Å². The second kappa shape index (κ2) is 9.01. The molecule has 3 heteroatoms. The number of pyridine rings is 1. The minimum absolute atomic E-state index is 0.610. The lowest BCUT2D eigenvalue weighted by molar-refractivity contribution is -0.660. The Morgan fingerprint density at radius 1 is 0.658 bits per heavy atom. The Kier molecular flexibility index (Phi) is 5.62. The highest BCUT2D eigenvalue weighted by Gasteiger charge is 2.24. The van der Waals surface area contributed by atoms with Crippen LogP contribution in [-0.4, -0.2) is 0 Å². The molecule has 2 aromatic heterocycles. The summed E-state index contributed by atoms with van der Waals surface area (Å²) in [6, 6.07) is 29.7. The van der Waals surface area contributed by atoms with Crippen molar-refractivity contribution >= 4 is 21.9 Å². The second-order valence-electron chi connectivity index (χ2n) is 10.2. The maximum absolute atomic E-state index is 10.1. The van der Waals surface area contributed by atoms with E-state index in [4.69, 9.17) is 4.42 Å². The van der Waals surface area contributed by atoms with E-state index in [-0.39, 0.29) is 0 Å². The predicted octanol–water partition coefficient (Wildman–Crippen LogP) is 8.52. The summed E-state index contributed by atoms with van der Waals surface area (Å²) in [5, 5.41) is 12.2. The fourth-order valence-corrected chi connectivity index (χ4v) is 5.59. The third kappa shape index (κ3) is 3.69. The van der Waals surface area contributed by atoms with Gasteiger partial charge in [0.25, 0.3) is 0 Å². The summed E-state index contributed by atoms with van der Waals surface area (Å²) in [7, 11) is 2.08. The Morgan fingerprint density at radius 2 is 1.37 bits per heavy atom. The first kappa shape index (κ1) is 23.7. The smallest absolute Gasteiger partial charge is 0.216 e. The van der Waals surface area contributed by atoms with E-state index in [1.54, 1.807) is 0 Å². The van der Waals surface area contributed by atoms with Gasteiger partial charge >= 0.3 is 0 Å². The zero-order valence-electron chi connectivity index (χ0n) is 22.4. The minimum atomic E-state index is 0.610. The zero-order valence-corrected chi connectivity index (χ0v) is 22.4. The van der Waals surface area contributed by atoms with Crippen LogP contribution >= 0.6 is 0 Å². The fraction of sp³-hybridized carbons (Fsp3) is 0.143. The van der Waals surface area contributed by atoms with Gasteiger partial charge < -0.3 is 4.42 Å². The van der Waals surface area contributed by atoms with E-state index >= 15 is 0 Å². The van der Waals surface area contributed by atoms with Crippen molar-refractivity contribution in [3.05, 3.63) is 113 Å². The maximum Gasteiger partial charge on any atom is 0.216 e. The highest BCUT2D eigenvalue weighted by Crippen LogP contribution is 2.42. The average molecular weight is 494 g/mol. The number of nitrogens with zero attached hydrogens (tertiary/aromatic N) is 2. The Bertz CT molecular complexity index is 1920. The first-order valence-electron chi connectivity index (χ1n) is 12.9. The first-order chi connectivity index (χ1) is 18.4. The van der Waals surface area contributed by atoms with Crippen molar-refractivity contribution in [1.29, 1.82) is 5.26 Å². The molecule has 0 aliphatic rings. The van der Waals surface area contributed by atoms with Crippen molar-refractivity contribution in [1.82, 2.24) is 0 Å². The summed E-state index contributed by atoms with van der Waals surface area (Å²) in [5.74, 6) is 0. The number of fused-ring (bicyclic) bond motifs is 3. The Morgan fingerprint density at radius 3 is 2.08 bits per heavy atom. The lowest BCUT2D eigenvalue weighted by Gasteiger charge is -2.11. The summed E-state index contributed by atoms with van der Waals surface area (Å²) in [5.41, 5.74) is 13.4. The molecule has 0 atom stereocenters. The maximum atomic E-state index is 10.1. The van der Waals surface area contributed by atoms with Gasteiger partial charge in [0, 0.05) is 28.0 Å². The van der Waals surface area contributed by atoms with Crippen molar-refractivity contribution < 1.29 is 8.98 Å². The topological polar surface area (TPSA) is 40.8 Å².